The first-order valence-corrected chi connectivity index (χ1v) is 9.91. The van der Waals surface area contributed by atoms with Gasteiger partial charge in [-0.2, -0.15) is 0 Å². The van der Waals surface area contributed by atoms with Crippen molar-refractivity contribution >= 4 is 23.7 Å². The minimum Gasteiger partial charge on any atom is -0.454 e. The van der Waals surface area contributed by atoms with E-state index in [-0.39, 0.29) is 12.4 Å². The molecule has 1 fully saturated rings. The van der Waals surface area contributed by atoms with E-state index in [1.165, 1.54) is 38.0 Å². The third-order valence-corrected chi connectivity index (χ3v) is 6.01. The van der Waals surface area contributed by atoms with Crippen molar-refractivity contribution < 1.29 is 9.47 Å². The van der Waals surface area contributed by atoms with Gasteiger partial charge >= 0.3 is 0 Å². The van der Waals surface area contributed by atoms with Crippen LogP contribution < -0.4 is 14.8 Å². The molecule has 0 amide bonds. The summed E-state index contributed by atoms with van der Waals surface area (Å²) in [6.45, 7) is 4.78. The van der Waals surface area contributed by atoms with Crippen LogP contribution in [0.15, 0.2) is 23.6 Å². The van der Waals surface area contributed by atoms with Crippen LogP contribution in [-0.2, 0) is 6.54 Å². The van der Waals surface area contributed by atoms with Gasteiger partial charge in [-0.15, -0.1) is 23.7 Å². The Morgan fingerprint density at radius 3 is 2.85 bits per heavy atom. The van der Waals surface area contributed by atoms with E-state index in [4.69, 9.17) is 14.5 Å². The molecule has 0 unspecified atom stereocenters. The Bertz CT molecular complexity index is 717. The lowest BCUT2D eigenvalue weighted by atomic mass is 9.93. The van der Waals surface area contributed by atoms with Gasteiger partial charge < -0.3 is 14.8 Å². The Morgan fingerprint density at radius 2 is 2.04 bits per heavy atom. The van der Waals surface area contributed by atoms with E-state index in [1.807, 2.05) is 19.2 Å². The van der Waals surface area contributed by atoms with E-state index in [1.54, 1.807) is 11.3 Å². The number of aromatic nitrogens is 1. The summed E-state index contributed by atoms with van der Waals surface area (Å²) in [5.41, 5.74) is 2.28. The lowest BCUT2D eigenvalue weighted by molar-refractivity contribution is 0.171. The van der Waals surface area contributed by atoms with E-state index in [0.29, 0.717) is 6.79 Å². The largest absolute Gasteiger partial charge is 0.454 e. The van der Waals surface area contributed by atoms with E-state index < -0.39 is 0 Å². The van der Waals surface area contributed by atoms with Gasteiger partial charge in [0.2, 0.25) is 6.79 Å². The summed E-state index contributed by atoms with van der Waals surface area (Å²) in [7, 11) is 2.04. The number of nitrogens with one attached hydrogen (secondary N) is 1. The molecule has 3 heterocycles. The summed E-state index contributed by atoms with van der Waals surface area (Å²) in [4.78, 5) is 7.38. The Hall–Kier alpha value is -1.34. The predicted molar refractivity (Wildman–Crippen MR) is 107 cm³/mol. The summed E-state index contributed by atoms with van der Waals surface area (Å²) in [5, 5.41) is 6.50. The van der Waals surface area contributed by atoms with E-state index >= 15 is 0 Å². The third-order valence-electron chi connectivity index (χ3n) is 5.07. The number of hydrogen-bond acceptors (Lipinski definition) is 6. The predicted octanol–water partition coefficient (Wildman–Crippen LogP) is 3.78. The van der Waals surface area contributed by atoms with Gasteiger partial charge in [-0.25, -0.2) is 4.98 Å². The summed E-state index contributed by atoms with van der Waals surface area (Å²) in [5.74, 6) is 2.52. The summed E-state index contributed by atoms with van der Waals surface area (Å²) in [6, 6.07) is 6.05. The first kappa shape index (κ1) is 19.4. The SMILES string of the molecule is CNCCC1CCN(Cc2csc(-c3ccc4c(c3)OCO4)n2)CC1.Cl. The van der Waals surface area contributed by atoms with Crippen LogP contribution in [-0.4, -0.2) is 43.4 Å². The van der Waals surface area contributed by atoms with Crippen LogP contribution in [0.25, 0.3) is 10.6 Å². The molecule has 1 aromatic heterocycles. The van der Waals surface area contributed by atoms with Gasteiger partial charge in [-0.1, -0.05) is 0 Å². The third kappa shape index (κ3) is 4.49. The maximum absolute atomic E-state index is 5.47. The Morgan fingerprint density at radius 1 is 1.23 bits per heavy atom. The molecule has 7 heteroatoms. The van der Waals surface area contributed by atoms with E-state index in [0.717, 1.165) is 41.1 Å². The number of nitrogens with zero attached hydrogens (tertiary/aromatic N) is 2. The van der Waals surface area contributed by atoms with Crippen molar-refractivity contribution in [3.8, 4) is 22.1 Å². The number of ether oxygens (including phenoxy) is 2. The standard InChI is InChI=1S/C19H25N3O2S.ClH/c1-20-7-4-14-5-8-22(9-6-14)11-16-12-25-19(21-16)15-2-3-17-18(10-15)24-13-23-17;/h2-3,10,12,14,20H,4-9,11,13H2,1H3;1H. The van der Waals surface area contributed by atoms with Crippen LogP contribution in [0.4, 0.5) is 0 Å². The fourth-order valence-electron chi connectivity index (χ4n) is 3.55. The highest BCUT2D eigenvalue weighted by Gasteiger charge is 2.20. The highest BCUT2D eigenvalue weighted by atomic mass is 35.5. The summed E-state index contributed by atoms with van der Waals surface area (Å²) >= 11 is 1.71. The second-order valence-electron chi connectivity index (χ2n) is 6.82. The molecule has 2 aliphatic heterocycles. The van der Waals surface area contributed by atoms with Gasteiger partial charge in [-0.05, 0) is 70.1 Å². The fraction of sp³-hybridized carbons (Fsp3) is 0.526. The molecule has 4 rings (SSSR count). The van der Waals surface area contributed by atoms with Crippen LogP contribution in [0, 0.1) is 5.92 Å². The van der Waals surface area contributed by atoms with Crippen LogP contribution in [0.5, 0.6) is 11.5 Å². The van der Waals surface area contributed by atoms with Gasteiger partial charge in [-0.3, -0.25) is 4.90 Å². The molecule has 0 atom stereocenters. The van der Waals surface area contributed by atoms with Crippen molar-refractivity contribution in [2.24, 2.45) is 5.92 Å². The maximum atomic E-state index is 5.47. The zero-order valence-electron chi connectivity index (χ0n) is 15.1. The summed E-state index contributed by atoms with van der Waals surface area (Å²) < 4.78 is 10.8. The smallest absolute Gasteiger partial charge is 0.231 e. The van der Waals surface area contributed by atoms with Crippen LogP contribution in [0.3, 0.4) is 0 Å². The minimum atomic E-state index is 0. The first-order chi connectivity index (χ1) is 12.3. The molecule has 1 N–H and O–H groups in total. The monoisotopic (exact) mass is 395 g/mol. The lowest BCUT2D eigenvalue weighted by Gasteiger charge is -2.31. The normalized spacial score (nSPS) is 17.3. The van der Waals surface area contributed by atoms with Gasteiger partial charge in [0.05, 0.1) is 5.69 Å². The van der Waals surface area contributed by atoms with Crippen molar-refractivity contribution in [1.29, 1.82) is 0 Å². The average molecular weight is 396 g/mol. The van der Waals surface area contributed by atoms with Crippen molar-refractivity contribution in [3.63, 3.8) is 0 Å². The maximum Gasteiger partial charge on any atom is 0.231 e. The molecule has 2 aliphatic rings. The second-order valence-corrected chi connectivity index (χ2v) is 7.68. The van der Waals surface area contributed by atoms with Gasteiger partial charge in [0, 0.05) is 17.5 Å². The van der Waals surface area contributed by atoms with Gasteiger partial charge in [0.15, 0.2) is 11.5 Å². The Kier molecular flexibility index (Phi) is 6.75. The minimum absolute atomic E-state index is 0. The number of piperidine rings is 1. The Balaban J connectivity index is 0.00000196. The molecule has 5 nitrogen and oxygen atoms in total. The number of thiazole rings is 1. The number of halogens is 1. The van der Waals surface area contributed by atoms with Crippen LogP contribution >= 0.6 is 23.7 Å². The number of hydrogen-bond donors (Lipinski definition) is 1. The van der Waals surface area contributed by atoms with Crippen molar-refractivity contribution in [2.75, 3.05) is 33.5 Å². The quantitative estimate of drug-likeness (QED) is 0.806. The van der Waals surface area contributed by atoms with Crippen molar-refractivity contribution in [2.45, 2.75) is 25.8 Å². The molecule has 0 radical (unpaired) electrons. The molecule has 142 valence electrons. The van der Waals surface area contributed by atoms with Crippen molar-refractivity contribution in [3.05, 3.63) is 29.3 Å². The van der Waals surface area contributed by atoms with E-state index in [9.17, 15) is 0 Å². The molecule has 1 aromatic carbocycles. The molecule has 0 spiro atoms. The van der Waals surface area contributed by atoms with E-state index in [2.05, 4.69) is 21.7 Å². The molecule has 1 saturated heterocycles. The zero-order valence-corrected chi connectivity index (χ0v) is 16.7. The fourth-order valence-corrected chi connectivity index (χ4v) is 4.36. The topological polar surface area (TPSA) is 46.6 Å². The molecule has 0 bridgehead atoms. The number of benzene rings is 1. The van der Waals surface area contributed by atoms with Gasteiger partial charge in [0.25, 0.3) is 0 Å². The molecule has 2 aromatic rings. The lowest BCUT2D eigenvalue weighted by Crippen LogP contribution is -2.34. The van der Waals surface area contributed by atoms with Crippen molar-refractivity contribution in [1.82, 2.24) is 15.2 Å². The summed E-state index contributed by atoms with van der Waals surface area (Å²) in [6.07, 6.45) is 3.91. The van der Waals surface area contributed by atoms with Gasteiger partial charge in [0.1, 0.15) is 5.01 Å². The average Bonchev–Trinajstić information content (AvgIpc) is 3.29. The molecule has 0 aliphatic carbocycles. The number of fused-ring (bicyclic) bond motifs is 1. The molecule has 26 heavy (non-hydrogen) atoms. The highest BCUT2D eigenvalue weighted by molar-refractivity contribution is 7.13. The molecular weight excluding hydrogens is 370 g/mol. The zero-order chi connectivity index (χ0) is 17.1. The van der Waals surface area contributed by atoms with Crippen LogP contribution in [0.2, 0.25) is 0 Å². The molecule has 0 saturated carbocycles. The molecular formula is C19H26ClN3O2S. The highest BCUT2D eigenvalue weighted by Crippen LogP contribution is 2.36. The first-order valence-electron chi connectivity index (χ1n) is 9.03. The second kappa shape index (κ2) is 9.04. The van der Waals surface area contributed by atoms with Crippen LogP contribution in [0.1, 0.15) is 25.0 Å². The number of rotatable bonds is 6. The number of likely N-dealkylation sites (tertiary alicyclic amines) is 1. The Labute approximate surface area is 165 Å².